The summed E-state index contributed by atoms with van der Waals surface area (Å²) in [6, 6.07) is 9.52. The Morgan fingerprint density at radius 1 is 1.12 bits per heavy atom. The molecular weight excluding hydrogens is 333 g/mol. The molecule has 0 atom stereocenters. The highest BCUT2D eigenvalue weighted by molar-refractivity contribution is 5.84. The second-order valence-electron chi connectivity index (χ2n) is 6.19. The van der Waals surface area contributed by atoms with Gasteiger partial charge in [0.1, 0.15) is 5.75 Å². The fraction of sp³-hybridized carbons (Fsp3) is 0.278. The number of hydrogen-bond donors (Lipinski definition) is 0. The van der Waals surface area contributed by atoms with Crippen molar-refractivity contribution in [1.29, 1.82) is 0 Å². The third-order valence-electron chi connectivity index (χ3n) is 4.18. The first-order valence-electron chi connectivity index (χ1n) is 7.92. The molecule has 4 rings (SSSR count). The van der Waals surface area contributed by atoms with Crippen molar-refractivity contribution >= 4 is 10.9 Å². The van der Waals surface area contributed by atoms with Gasteiger partial charge >= 0.3 is 6.18 Å². The van der Waals surface area contributed by atoms with Crippen LogP contribution in [0, 0.1) is 5.92 Å². The van der Waals surface area contributed by atoms with Crippen LogP contribution in [0.3, 0.4) is 0 Å². The van der Waals surface area contributed by atoms with Crippen LogP contribution < -0.4 is 4.74 Å². The number of benzene rings is 2. The molecule has 1 fully saturated rings. The average Bonchev–Trinajstić information content (AvgIpc) is 3.30. The lowest BCUT2D eigenvalue weighted by Gasteiger charge is -2.10. The molecule has 1 aliphatic rings. The first kappa shape index (κ1) is 15.8. The van der Waals surface area contributed by atoms with Crippen LogP contribution in [0.25, 0.3) is 16.6 Å². The van der Waals surface area contributed by atoms with Gasteiger partial charge in [0, 0.05) is 11.5 Å². The van der Waals surface area contributed by atoms with Crippen molar-refractivity contribution in [3.63, 3.8) is 0 Å². The summed E-state index contributed by atoms with van der Waals surface area (Å²) in [6.45, 7) is 0.573. The standard InChI is InChI=1S/C18H14F3N2O2/c19-18(20,21)17-15-8-7-14(25-10-11-1-2-11)9-16(15)22-23(17)12-3-5-13(24)6-4-12/h3-9,11H,1-2,10H2. The summed E-state index contributed by atoms with van der Waals surface area (Å²) < 4.78 is 47.2. The summed E-state index contributed by atoms with van der Waals surface area (Å²) in [7, 11) is 0. The Labute approximate surface area is 141 Å². The first-order valence-corrected chi connectivity index (χ1v) is 7.92. The lowest BCUT2D eigenvalue weighted by Crippen LogP contribution is -2.13. The summed E-state index contributed by atoms with van der Waals surface area (Å²) in [4.78, 5) is 0. The number of rotatable bonds is 4. The number of alkyl halides is 3. The quantitative estimate of drug-likeness (QED) is 0.668. The zero-order valence-electron chi connectivity index (χ0n) is 13.1. The van der Waals surface area contributed by atoms with Crippen LogP contribution >= 0.6 is 0 Å². The van der Waals surface area contributed by atoms with E-state index in [4.69, 9.17) is 4.74 Å². The SMILES string of the molecule is [O]c1ccc(-n2nc3cc(OCC4CC4)ccc3c2C(F)(F)F)cc1. The summed E-state index contributed by atoms with van der Waals surface area (Å²) in [5, 5.41) is 15.3. The summed E-state index contributed by atoms with van der Waals surface area (Å²) >= 11 is 0. The molecule has 1 aliphatic carbocycles. The van der Waals surface area contributed by atoms with Gasteiger partial charge in [-0.25, -0.2) is 4.68 Å². The summed E-state index contributed by atoms with van der Waals surface area (Å²) in [5.41, 5.74) is -0.481. The van der Waals surface area contributed by atoms with Gasteiger partial charge in [0.05, 0.1) is 17.8 Å². The number of fused-ring (bicyclic) bond motifs is 1. The van der Waals surface area contributed by atoms with Gasteiger partial charge < -0.3 is 4.74 Å². The number of ether oxygens (including phenoxy) is 1. The second kappa shape index (κ2) is 5.68. The van der Waals surface area contributed by atoms with E-state index in [1.165, 1.54) is 42.5 Å². The minimum absolute atomic E-state index is 0.00234. The molecule has 1 saturated carbocycles. The Balaban J connectivity index is 1.80. The van der Waals surface area contributed by atoms with Crippen LogP contribution in [0.2, 0.25) is 0 Å². The Morgan fingerprint density at radius 2 is 1.84 bits per heavy atom. The molecule has 0 amide bonds. The number of hydrogen-bond acceptors (Lipinski definition) is 2. The third-order valence-corrected chi connectivity index (χ3v) is 4.18. The lowest BCUT2D eigenvalue weighted by atomic mass is 10.2. The Kier molecular flexibility index (Phi) is 3.59. The molecule has 0 bridgehead atoms. The molecule has 25 heavy (non-hydrogen) atoms. The predicted molar refractivity (Wildman–Crippen MR) is 84.4 cm³/mol. The van der Waals surface area contributed by atoms with Crippen LogP contribution in [-0.2, 0) is 11.3 Å². The zero-order valence-corrected chi connectivity index (χ0v) is 13.1. The van der Waals surface area contributed by atoms with Crippen LogP contribution in [0.15, 0.2) is 42.5 Å². The molecule has 7 heteroatoms. The van der Waals surface area contributed by atoms with Gasteiger partial charge in [0.25, 0.3) is 0 Å². The van der Waals surface area contributed by atoms with E-state index in [9.17, 15) is 18.3 Å². The zero-order chi connectivity index (χ0) is 17.6. The fourth-order valence-corrected chi connectivity index (χ4v) is 2.70. The van der Waals surface area contributed by atoms with E-state index in [1.807, 2.05) is 0 Å². The minimum atomic E-state index is -4.58. The molecule has 4 nitrogen and oxygen atoms in total. The summed E-state index contributed by atoms with van der Waals surface area (Å²) in [5.74, 6) is 0.780. The Morgan fingerprint density at radius 3 is 2.48 bits per heavy atom. The van der Waals surface area contributed by atoms with Gasteiger partial charge in [-0.3, -0.25) is 5.11 Å². The first-order chi connectivity index (χ1) is 11.9. The highest BCUT2D eigenvalue weighted by atomic mass is 19.4. The number of aromatic nitrogens is 2. The maximum Gasteiger partial charge on any atom is 0.434 e. The van der Waals surface area contributed by atoms with Gasteiger partial charge in [-0.1, -0.05) is 0 Å². The smallest absolute Gasteiger partial charge is 0.434 e. The van der Waals surface area contributed by atoms with Crippen LogP contribution in [-0.4, -0.2) is 16.4 Å². The minimum Gasteiger partial charge on any atom is -0.493 e. The maximum absolute atomic E-state index is 13.6. The van der Waals surface area contributed by atoms with Crippen LogP contribution in [0.4, 0.5) is 13.2 Å². The molecule has 1 radical (unpaired) electrons. The van der Waals surface area contributed by atoms with Crippen LogP contribution in [0.5, 0.6) is 11.5 Å². The fourth-order valence-electron chi connectivity index (χ4n) is 2.70. The van der Waals surface area contributed by atoms with Gasteiger partial charge in [0.2, 0.25) is 0 Å². The van der Waals surface area contributed by atoms with E-state index in [0.717, 1.165) is 17.5 Å². The maximum atomic E-state index is 13.6. The molecule has 0 saturated heterocycles. The highest BCUT2D eigenvalue weighted by Crippen LogP contribution is 2.38. The van der Waals surface area contributed by atoms with E-state index >= 15 is 0 Å². The van der Waals surface area contributed by atoms with Gasteiger partial charge in [0.15, 0.2) is 11.4 Å². The molecule has 3 aromatic rings. The van der Waals surface area contributed by atoms with Crippen molar-refractivity contribution in [3.8, 4) is 17.2 Å². The number of halogens is 3. The average molecular weight is 347 g/mol. The van der Waals surface area contributed by atoms with Gasteiger partial charge in [-0.15, -0.1) is 0 Å². The van der Waals surface area contributed by atoms with E-state index < -0.39 is 11.9 Å². The molecular formula is C18H14F3N2O2. The van der Waals surface area contributed by atoms with Crippen molar-refractivity contribution in [2.45, 2.75) is 19.0 Å². The van der Waals surface area contributed by atoms with E-state index in [0.29, 0.717) is 18.3 Å². The number of nitrogens with zero attached hydrogens (tertiary/aromatic N) is 2. The molecule has 129 valence electrons. The van der Waals surface area contributed by atoms with E-state index in [-0.39, 0.29) is 22.3 Å². The molecule has 0 spiro atoms. The Bertz CT molecular complexity index is 912. The largest absolute Gasteiger partial charge is 0.493 e. The normalized spacial score (nSPS) is 14.8. The van der Waals surface area contributed by atoms with Crippen molar-refractivity contribution < 1.29 is 23.0 Å². The van der Waals surface area contributed by atoms with Crippen LogP contribution in [0.1, 0.15) is 18.5 Å². The van der Waals surface area contributed by atoms with Gasteiger partial charge in [-0.2, -0.15) is 18.3 Å². The molecule has 0 aliphatic heterocycles. The van der Waals surface area contributed by atoms with Gasteiger partial charge in [-0.05, 0) is 55.2 Å². The van der Waals surface area contributed by atoms with Crippen molar-refractivity contribution in [3.05, 3.63) is 48.2 Å². The van der Waals surface area contributed by atoms with Crippen molar-refractivity contribution in [2.24, 2.45) is 5.92 Å². The summed E-state index contributed by atoms with van der Waals surface area (Å²) in [6.07, 6.45) is -2.32. The topological polar surface area (TPSA) is 47.0 Å². The second-order valence-corrected chi connectivity index (χ2v) is 6.19. The lowest BCUT2D eigenvalue weighted by molar-refractivity contribution is -0.141. The molecule has 1 heterocycles. The monoisotopic (exact) mass is 347 g/mol. The van der Waals surface area contributed by atoms with Crippen molar-refractivity contribution in [1.82, 2.24) is 9.78 Å². The third kappa shape index (κ3) is 3.14. The molecule has 0 unspecified atom stereocenters. The van der Waals surface area contributed by atoms with E-state index in [1.54, 1.807) is 0 Å². The predicted octanol–water partition coefficient (Wildman–Crippen LogP) is 4.98. The molecule has 2 aromatic carbocycles. The Hall–Kier alpha value is -2.70. The highest BCUT2D eigenvalue weighted by Gasteiger charge is 2.38. The van der Waals surface area contributed by atoms with E-state index in [2.05, 4.69) is 5.10 Å². The molecule has 1 aromatic heterocycles. The molecule has 0 N–H and O–H groups in total. The van der Waals surface area contributed by atoms with Crippen molar-refractivity contribution in [2.75, 3.05) is 6.61 Å².